The summed E-state index contributed by atoms with van der Waals surface area (Å²) >= 11 is 1.79. The second kappa shape index (κ2) is 6.72. The van der Waals surface area contributed by atoms with E-state index in [4.69, 9.17) is 0 Å². The quantitative estimate of drug-likeness (QED) is 0.770. The molecule has 7 heteroatoms. The van der Waals surface area contributed by atoms with Crippen LogP contribution in [-0.2, 0) is 19.6 Å². The molecule has 0 radical (unpaired) electrons. The molecule has 0 saturated carbocycles. The fraction of sp³-hybridized carbons (Fsp3) is 0.526. The van der Waals surface area contributed by atoms with E-state index in [1.165, 1.54) is 28.9 Å². The Balaban J connectivity index is 1.24. The van der Waals surface area contributed by atoms with Crippen molar-refractivity contribution in [2.45, 2.75) is 45.3 Å². The van der Waals surface area contributed by atoms with Gasteiger partial charge in [0, 0.05) is 25.6 Å². The highest BCUT2D eigenvalue weighted by Gasteiger charge is 2.27. The summed E-state index contributed by atoms with van der Waals surface area (Å²) in [7, 11) is 0. The van der Waals surface area contributed by atoms with Crippen LogP contribution in [0, 0.1) is 6.92 Å². The number of nitrogens with zero attached hydrogens (tertiary/aromatic N) is 5. The van der Waals surface area contributed by atoms with Crippen molar-refractivity contribution in [2.75, 3.05) is 19.6 Å². The van der Waals surface area contributed by atoms with Crippen molar-refractivity contribution in [2.24, 2.45) is 0 Å². The van der Waals surface area contributed by atoms with Crippen LogP contribution >= 0.6 is 11.3 Å². The van der Waals surface area contributed by atoms with Crippen LogP contribution in [0.3, 0.4) is 0 Å². The van der Waals surface area contributed by atoms with Crippen LogP contribution in [0.15, 0.2) is 18.2 Å². The Hall–Kier alpha value is -1.83. The van der Waals surface area contributed by atoms with Crippen molar-refractivity contribution in [1.29, 1.82) is 0 Å². The summed E-state index contributed by atoms with van der Waals surface area (Å²) in [5.74, 6) is 2.86. The number of hydrogen-bond donors (Lipinski definition) is 1. The molecule has 4 heterocycles. The van der Waals surface area contributed by atoms with Gasteiger partial charge in [-0.3, -0.25) is 4.90 Å². The molecule has 1 fully saturated rings. The molecule has 0 atom stereocenters. The Morgan fingerprint density at radius 3 is 2.96 bits per heavy atom. The minimum atomic E-state index is 0.553. The van der Waals surface area contributed by atoms with Gasteiger partial charge in [0.1, 0.15) is 11.6 Å². The molecule has 136 valence electrons. The maximum absolute atomic E-state index is 4.56. The zero-order chi connectivity index (χ0) is 17.5. The first kappa shape index (κ1) is 16.4. The van der Waals surface area contributed by atoms with Gasteiger partial charge in [0.2, 0.25) is 0 Å². The van der Waals surface area contributed by atoms with Crippen molar-refractivity contribution >= 4 is 21.6 Å². The van der Waals surface area contributed by atoms with Gasteiger partial charge in [0.05, 0.1) is 21.8 Å². The summed E-state index contributed by atoms with van der Waals surface area (Å²) < 4.78 is 3.65. The second-order valence-electron chi connectivity index (χ2n) is 7.39. The van der Waals surface area contributed by atoms with Crippen LogP contribution in [0.2, 0.25) is 0 Å². The van der Waals surface area contributed by atoms with E-state index in [0.717, 1.165) is 55.6 Å². The van der Waals surface area contributed by atoms with E-state index >= 15 is 0 Å². The molecule has 5 rings (SSSR count). The van der Waals surface area contributed by atoms with Crippen molar-refractivity contribution in [3.05, 3.63) is 40.4 Å². The van der Waals surface area contributed by atoms with E-state index in [1.54, 1.807) is 11.3 Å². The van der Waals surface area contributed by atoms with Gasteiger partial charge < -0.3 is 9.88 Å². The van der Waals surface area contributed by atoms with E-state index in [0.29, 0.717) is 5.92 Å². The number of aryl methyl sites for hydroxylation is 1. The monoisotopic (exact) mass is 368 g/mol. The smallest absolute Gasteiger partial charge is 0.147 e. The van der Waals surface area contributed by atoms with E-state index in [2.05, 4.69) is 55.1 Å². The highest BCUT2D eigenvalue weighted by atomic mass is 32.1. The van der Waals surface area contributed by atoms with Gasteiger partial charge in [-0.15, -0.1) is 21.5 Å². The maximum atomic E-state index is 4.56. The standard InChI is InChI=1S/C19H24N6S/c1-13-21-16-3-2-14(10-17(16)26-13)12-24-7-4-15(5-8-24)19-23-22-18-11-20-6-9-25(18)19/h2-3,10,15,20H,4-9,11-12H2,1H3. The summed E-state index contributed by atoms with van der Waals surface area (Å²) in [4.78, 5) is 7.13. The molecular formula is C19H24N6S. The molecular weight excluding hydrogens is 344 g/mol. The zero-order valence-corrected chi connectivity index (χ0v) is 15.9. The third kappa shape index (κ3) is 3.04. The number of rotatable bonds is 3. The molecule has 0 unspecified atom stereocenters. The van der Waals surface area contributed by atoms with Crippen LogP contribution in [-0.4, -0.2) is 44.3 Å². The lowest BCUT2D eigenvalue weighted by Crippen LogP contribution is -2.34. The number of fused-ring (bicyclic) bond motifs is 2. The second-order valence-corrected chi connectivity index (χ2v) is 8.62. The Kier molecular flexibility index (Phi) is 4.23. The Morgan fingerprint density at radius 2 is 2.08 bits per heavy atom. The van der Waals surface area contributed by atoms with Gasteiger partial charge in [0.25, 0.3) is 0 Å². The first-order valence-electron chi connectivity index (χ1n) is 9.47. The molecule has 0 amide bonds. The number of thiazole rings is 1. The van der Waals surface area contributed by atoms with Gasteiger partial charge in [0.15, 0.2) is 0 Å². The Morgan fingerprint density at radius 1 is 1.19 bits per heavy atom. The Bertz CT molecular complexity index is 921. The number of nitrogens with one attached hydrogen (secondary N) is 1. The first-order chi connectivity index (χ1) is 12.8. The molecule has 1 saturated heterocycles. The summed E-state index contributed by atoms with van der Waals surface area (Å²) in [6.45, 7) is 8.25. The van der Waals surface area contributed by atoms with Crippen LogP contribution in [0.25, 0.3) is 10.2 Å². The molecule has 3 aromatic rings. The average Bonchev–Trinajstić information content (AvgIpc) is 3.24. The number of benzene rings is 1. The zero-order valence-electron chi connectivity index (χ0n) is 15.1. The number of likely N-dealkylation sites (tertiary alicyclic amines) is 1. The number of aromatic nitrogens is 4. The summed E-state index contributed by atoms with van der Waals surface area (Å²) in [6.07, 6.45) is 2.35. The van der Waals surface area contributed by atoms with Crippen LogP contribution in [0.5, 0.6) is 0 Å². The predicted octanol–water partition coefficient (Wildman–Crippen LogP) is 2.68. The van der Waals surface area contributed by atoms with Crippen molar-refractivity contribution in [3.8, 4) is 0 Å². The van der Waals surface area contributed by atoms with Crippen molar-refractivity contribution in [1.82, 2.24) is 30.0 Å². The molecule has 1 N–H and O–H groups in total. The van der Waals surface area contributed by atoms with Crippen molar-refractivity contribution in [3.63, 3.8) is 0 Å². The number of piperidine rings is 1. The average molecular weight is 369 g/mol. The molecule has 0 bridgehead atoms. The molecule has 26 heavy (non-hydrogen) atoms. The highest BCUT2D eigenvalue weighted by molar-refractivity contribution is 7.18. The van der Waals surface area contributed by atoms with Crippen LogP contribution < -0.4 is 5.32 Å². The normalized spacial score (nSPS) is 19.1. The molecule has 0 spiro atoms. The van der Waals surface area contributed by atoms with E-state index in [-0.39, 0.29) is 0 Å². The molecule has 2 aliphatic heterocycles. The summed E-state index contributed by atoms with van der Waals surface area (Å²) in [6, 6.07) is 6.71. The minimum absolute atomic E-state index is 0.553. The summed E-state index contributed by atoms with van der Waals surface area (Å²) in [5, 5.41) is 13.4. The summed E-state index contributed by atoms with van der Waals surface area (Å²) in [5.41, 5.74) is 2.52. The van der Waals surface area contributed by atoms with E-state index in [1.807, 2.05) is 0 Å². The first-order valence-corrected chi connectivity index (χ1v) is 10.3. The van der Waals surface area contributed by atoms with Crippen LogP contribution in [0.4, 0.5) is 0 Å². The maximum Gasteiger partial charge on any atom is 0.147 e. The largest absolute Gasteiger partial charge is 0.312 e. The highest BCUT2D eigenvalue weighted by Crippen LogP contribution is 2.29. The molecule has 1 aromatic carbocycles. The van der Waals surface area contributed by atoms with E-state index < -0.39 is 0 Å². The minimum Gasteiger partial charge on any atom is -0.312 e. The lowest BCUT2D eigenvalue weighted by Gasteiger charge is -2.32. The lowest BCUT2D eigenvalue weighted by molar-refractivity contribution is 0.199. The predicted molar refractivity (Wildman–Crippen MR) is 103 cm³/mol. The fourth-order valence-electron chi connectivity index (χ4n) is 4.21. The van der Waals surface area contributed by atoms with Gasteiger partial charge in [-0.25, -0.2) is 4.98 Å². The van der Waals surface area contributed by atoms with E-state index in [9.17, 15) is 0 Å². The molecule has 6 nitrogen and oxygen atoms in total. The van der Waals surface area contributed by atoms with Gasteiger partial charge >= 0.3 is 0 Å². The third-order valence-corrected chi connectivity index (χ3v) is 6.50. The lowest BCUT2D eigenvalue weighted by atomic mass is 9.95. The third-order valence-electron chi connectivity index (χ3n) is 5.57. The molecule has 0 aliphatic carbocycles. The molecule has 2 aliphatic rings. The van der Waals surface area contributed by atoms with Gasteiger partial charge in [-0.1, -0.05) is 6.07 Å². The number of hydrogen-bond acceptors (Lipinski definition) is 6. The van der Waals surface area contributed by atoms with Gasteiger partial charge in [-0.05, 0) is 50.6 Å². The van der Waals surface area contributed by atoms with Crippen molar-refractivity contribution < 1.29 is 0 Å². The van der Waals surface area contributed by atoms with Crippen LogP contribution in [0.1, 0.15) is 41.0 Å². The SMILES string of the molecule is Cc1nc2ccc(CN3CCC(c4nnc5n4CCNC5)CC3)cc2s1. The molecule has 2 aromatic heterocycles. The van der Waals surface area contributed by atoms with Gasteiger partial charge in [-0.2, -0.15) is 0 Å². The topological polar surface area (TPSA) is 58.9 Å². The fourth-order valence-corrected chi connectivity index (χ4v) is 5.10. The Labute approximate surface area is 157 Å².